The molecule has 1 aromatic heterocycles. The van der Waals surface area contributed by atoms with Crippen LogP contribution in [0.3, 0.4) is 0 Å². The van der Waals surface area contributed by atoms with Gasteiger partial charge in [0.15, 0.2) is 0 Å². The second kappa shape index (κ2) is 7.18. The minimum Gasteiger partial charge on any atom is -0.347 e. The van der Waals surface area contributed by atoms with E-state index < -0.39 is 0 Å². The van der Waals surface area contributed by atoms with Crippen LogP contribution in [0.25, 0.3) is 0 Å². The Kier molecular flexibility index (Phi) is 5.53. The largest absolute Gasteiger partial charge is 0.347 e. The summed E-state index contributed by atoms with van der Waals surface area (Å²) >= 11 is 6.07. The van der Waals surface area contributed by atoms with Gasteiger partial charge in [-0.3, -0.25) is 4.79 Å². The van der Waals surface area contributed by atoms with E-state index in [-0.39, 0.29) is 23.6 Å². The maximum Gasteiger partial charge on any atom is 0.271 e. The number of hydrogen-bond donors (Lipinski definition) is 1. The molecule has 5 nitrogen and oxygen atoms in total. The molecular formula is C15H23ClN4O. The summed E-state index contributed by atoms with van der Waals surface area (Å²) in [4.78, 5) is 23.2. The van der Waals surface area contributed by atoms with E-state index in [0.29, 0.717) is 10.8 Å². The molecule has 21 heavy (non-hydrogen) atoms. The summed E-state index contributed by atoms with van der Waals surface area (Å²) in [5, 5.41) is 3.36. The van der Waals surface area contributed by atoms with Gasteiger partial charge in [0.2, 0.25) is 0 Å². The van der Waals surface area contributed by atoms with Crippen molar-refractivity contribution in [2.45, 2.75) is 45.6 Å². The predicted octanol–water partition coefficient (Wildman–Crippen LogP) is 2.47. The number of rotatable bonds is 4. The number of nitrogens with zero attached hydrogens (tertiary/aromatic N) is 3. The molecule has 0 bridgehead atoms. The molecule has 0 radical (unpaired) electrons. The molecular weight excluding hydrogens is 288 g/mol. The fourth-order valence-electron chi connectivity index (χ4n) is 2.53. The molecule has 1 atom stereocenters. The van der Waals surface area contributed by atoms with E-state index in [1.165, 1.54) is 6.20 Å². The van der Waals surface area contributed by atoms with Gasteiger partial charge in [0.05, 0.1) is 11.2 Å². The van der Waals surface area contributed by atoms with Gasteiger partial charge in [0, 0.05) is 18.5 Å². The first kappa shape index (κ1) is 16.2. The van der Waals surface area contributed by atoms with E-state index >= 15 is 0 Å². The fraction of sp³-hybridized carbons (Fsp3) is 0.667. The van der Waals surface area contributed by atoms with Crippen molar-refractivity contribution in [3.8, 4) is 0 Å². The zero-order valence-corrected chi connectivity index (χ0v) is 13.7. The highest BCUT2D eigenvalue weighted by molar-refractivity contribution is 6.33. The molecule has 1 aromatic rings. The third-order valence-electron chi connectivity index (χ3n) is 3.78. The van der Waals surface area contributed by atoms with Crippen molar-refractivity contribution in [2.75, 3.05) is 19.6 Å². The van der Waals surface area contributed by atoms with E-state index in [2.05, 4.69) is 27.1 Å². The Bertz CT molecular complexity index is 506. The fourth-order valence-corrected chi connectivity index (χ4v) is 2.71. The van der Waals surface area contributed by atoms with Crippen LogP contribution in [0.4, 0.5) is 0 Å². The lowest BCUT2D eigenvalue weighted by Crippen LogP contribution is -2.47. The molecule has 0 aliphatic carbocycles. The van der Waals surface area contributed by atoms with Crippen molar-refractivity contribution in [1.29, 1.82) is 0 Å². The number of piperidine rings is 1. The average molecular weight is 311 g/mol. The molecule has 0 aromatic carbocycles. The van der Waals surface area contributed by atoms with E-state index in [0.717, 1.165) is 32.5 Å². The molecule has 0 saturated carbocycles. The Morgan fingerprint density at radius 2 is 2.33 bits per heavy atom. The number of likely N-dealkylation sites (tertiary alicyclic amines) is 1. The summed E-state index contributed by atoms with van der Waals surface area (Å²) < 4.78 is 0. The summed E-state index contributed by atoms with van der Waals surface area (Å²) in [5.41, 5.74) is 0.281. The molecule has 116 valence electrons. The zero-order chi connectivity index (χ0) is 15.4. The Morgan fingerprint density at radius 3 is 3.00 bits per heavy atom. The number of carbonyl (C=O) groups excluding carboxylic acids is 1. The van der Waals surface area contributed by atoms with Crippen molar-refractivity contribution in [2.24, 2.45) is 0 Å². The third kappa shape index (κ3) is 4.14. The van der Waals surface area contributed by atoms with E-state index in [4.69, 9.17) is 11.6 Å². The van der Waals surface area contributed by atoms with Crippen LogP contribution in [0.15, 0.2) is 6.20 Å². The normalized spacial score (nSPS) is 19.8. The van der Waals surface area contributed by atoms with E-state index in [1.54, 1.807) is 0 Å². The van der Waals surface area contributed by atoms with Crippen LogP contribution in [0.1, 0.15) is 55.8 Å². The molecule has 0 spiro atoms. The van der Waals surface area contributed by atoms with Gasteiger partial charge in [0.1, 0.15) is 11.5 Å². The summed E-state index contributed by atoms with van der Waals surface area (Å²) in [5.74, 6) is 0.606. The maximum absolute atomic E-state index is 12.4. The monoisotopic (exact) mass is 310 g/mol. The maximum atomic E-state index is 12.4. The lowest BCUT2D eigenvalue weighted by atomic mass is 10.1. The Morgan fingerprint density at radius 1 is 1.57 bits per heavy atom. The topological polar surface area (TPSA) is 58.1 Å². The van der Waals surface area contributed by atoms with E-state index in [9.17, 15) is 4.79 Å². The first-order chi connectivity index (χ1) is 10.0. The molecule has 6 heteroatoms. The Balaban J connectivity index is 2.07. The summed E-state index contributed by atoms with van der Waals surface area (Å²) in [6.07, 6.45) is 3.62. The van der Waals surface area contributed by atoms with Crippen molar-refractivity contribution in [3.63, 3.8) is 0 Å². The first-order valence-electron chi connectivity index (χ1n) is 7.57. The van der Waals surface area contributed by atoms with Crippen LogP contribution < -0.4 is 5.32 Å². The van der Waals surface area contributed by atoms with Gasteiger partial charge in [0.25, 0.3) is 5.91 Å². The van der Waals surface area contributed by atoms with Gasteiger partial charge in [-0.1, -0.05) is 32.4 Å². The SMILES string of the molecule is CCN1CCCC(NC(=O)c2nc(C(C)C)ncc2Cl)C1. The molecule has 1 fully saturated rings. The second-order valence-electron chi connectivity index (χ2n) is 5.79. The highest BCUT2D eigenvalue weighted by Gasteiger charge is 2.23. The second-order valence-corrected chi connectivity index (χ2v) is 6.19. The number of hydrogen-bond acceptors (Lipinski definition) is 4. The van der Waals surface area contributed by atoms with Gasteiger partial charge < -0.3 is 10.2 Å². The van der Waals surface area contributed by atoms with Crippen molar-refractivity contribution in [3.05, 3.63) is 22.7 Å². The van der Waals surface area contributed by atoms with Crippen LogP contribution in [0.5, 0.6) is 0 Å². The lowest BCUT2D eigenvalue weighted by Gasteiger charge is -2.32. The van der Waals surface area contributed by atoms with Crippen LogP contribution in [-0.2, 0) is 0 Å². The van der Waals surface area contributed by atoms with Gasteiger partial charge in [-0.25, -0.2) is 9.97 Å². The lowest BCUT2D eigenvalue weighted by molar-refractivity contribution is 0.0900. The summed E-state index contributed by atoms with van der Waals surface area (Å²) in [6, 6.07) is 0.166. The van der Waals surface area contributed by atoms with Crippen LogP contribution >= 0.6 is 11.6 Å². The molecule has 1 amide bonds. The molecule has 2 heterocycles. The molecule has 1 N–H and O–H groups in total. The quantitative estimate of drug-likeness (QED) is 0.928. The zero-order valence-electron chi connectivity index (χ0n) is 12.9. The highest BCUT2D eigenvalue weighted by atomic mass is 35.5. The molecule has 1 unspecified atom stereocenters. The van der Waals surface area contributed by atoms with Gasteiger partial charge in [-0.05, 0) is 25.9 Å². The van der Waals surface area contributed by atoms with Crippen molar-refractivity contribution < 1.29 is 4.79 Å². The van der Waals surface area contributed by atoms with Gasteiger partial charge >= 0.3 is 0 Å². The third-order valence-corrected chi connectivity index (χ3v) is 4.06. The summed E-state index contributed by atoms with van der Waals surface area (Å²) in [6.45, 7) is 9.13. The number of aromatic nitrogens is 2. The summed E-state index contributed by atoms with van der Waals surface area (Å²) in [7, 11) is 0. The molecule has 2 rings (SSSR count). The van der Waals surface area contributed by atoms with E-state index in [1.807, 2.05) is 13.8 Å². The van der Waals surface area contributed by atoms with Crippen LogP contribution in [-0.4, -0.2) is 46.5 Å². The molecule has 1 aliphatic heterocycles. The highest BCUT2D eigenvalue weighted by Crippen LogP contribution is 2.17. The van der Waals surface area contributed by atoms with Crippen molar-refractivity contribution >= 4 is 17.5 Å². The predicted molar refractivity (Wildman–Crippen MR) is 83.7 cm³/mol. The minimum atomic E-state index is -0.202. The molecule has 1 saturated heterocycles. The standard InChI is InChI=1S/C15H23ClN4O/c1-4-20-7-5-6-11(9-20)18-15(21)13-12(16)8-17-14(19-13)10(2)3/h8,10-11H,4-7,9H2,1-3H3,(H,18,21). The first-order valence-corrected chi connectivity index (χ1v) is 7.94. The smallest absolute Gasteiger partial charge is 0.271 e. The van der Waals surface area contributed by atoms with Gasteiger partial charge in [-0.2, -0.15) is 0 Å². The van der Waals surface area contributed by atoms with Crippen molar-refractivity contribution in [1.82, 2.24) is 20.2 Å². The van der Waals surface area contributed by atoms with Crippen LogP contribution in [0, 0.1) is 0 Å². The minimum absolute atomic E-state index is 0.166. The Hall–Kier alpha value is -1.20. The molecule has 1 aliphatic rings. The average Bonchev–Trinajstić information content (AvgIpc) is 2.47. The van der Waals surface area contributed by atoms with Crippen LogP contribution in [0.2, 0.25) is 5.02 Å². The number of nitrogens with one attached hydrogen (secondary N) is 1. The number of amides is 1. The Labute approximate surface area is 131 Å². The number of likely N-dealkylation sites (N-methyl/N-ethyl adjacent to an activating group) is 1. The van der Waals surface area contributed by atoms with Gasteiger partial charge in [-0.15, -0.1) is 0 Å². The number of carbonyl (C=O) groups is 1. The number of halogens is 1.